The van der Waals surface area contributed by atoms with Crippen LogP contribution in [0.15, 0.2) is 16.5 Å². The summed E-state index contributed by atoms with van der Waals surface area (Å²) in [4.78, 5) is 4.57. The summed E-state index contributed by atoms with van der Waals surface area (Å²) in [5.74, 6) is 3.99. The summed E-state index contributed by atoms with van der Waals surface area (Å²) in [6.07, 6.45) is 2.39. The molecule has 0 bridgehead atoms. The lowest BCUT2D eigenvalue weighted by Gasteiger charge is -2.17. The topological polar surface area (TPSA) is 43.9 Å². The molecule has 0 fully saturated rings. The zero-order valence-corrected chi connectivity index (χ0v) is 9.60. The second-order valence-corrected chi connectivity index (χ2v) is 4.47. The van der Waals surface area contributed by atoms with Gasteiger partial charge in [-0.05, 0) is 31.9 Å². The van der Waals surface area contributed by atoms with Crippen molar-refractivity contribution in [3.63, 3.8) is 0 Å². The van der Waals surface area contributed by atoms with Crippen LogP contribution in [0.5, 0.6) is 0 Å². The minimum atomic E-state index is 0.506. The largest absolute Gasteiger partial charge is 0.458 e. The number of furan rings is 1. The standard InChI is InChI=1S/C12H15N3O/c1-8-4-3-7-15-12(8)13-11(14-15)10-6-5-9(2)16-10/h5-6,8H,3-4,7H2,1-2H3. The molecule has 2 aromatic rings. The Labute approximate surface area is 94.3 Å². The van der Waals surface area contributed by atoms with E-state index in [0.717, 1.165) is 29.7 Å². The van der Waals surface area contributed by atoms with Crippen molar-refractivity contribution in [2.24, 2.45) is 0 Å². The summed E-state index contributed by atoms with van der Waals surface area (Å²) in [6.45, 7) is 5.12. The summed E-state index contributed by atoms with van der Waals surface area (Å²) in [6, 6.07) is 3.88. The van der Waals surface area contributed by atoms with Gasteiger partial charge < -0.3 is 4.42 Å². The Morgan fingerprint density at radius 1 is 1.44 bits per heavy atom. The van der Waals surface area contributed by atoms with Gasteiger partial charge >= 0.3 is 0 Å². The molecule has 0 amide bonds. The maximum atomic E-state index is 5.54. The van der Waals surface area contributed by atoms with Crippen LogP contribution in [0.3, 0.4) is 0 Å². The SMILES string of the molecule is Cc1ccc(-c2nc3n(n2)CCCC3C)o1. The molecule has 1 aliphatic rings. The van der Waals surface area contributed by atoms with E-state index in [4.69, 9.17) is 4.42 Å². The van der Waals surface area contributed by atoms with Gasteiger partial charge in [0.05, 0.1) is 0 Å². The Hall–Kier alpha value is -1.58. The van der Waals surface area contributed by atoms with Gasteiger partial charge in [-0.1, -0.05) is 6.92 Å². The number of aryl methyl sites for hydroxylation is 2. The molecule has 0 saturated heterocycles. The van der Waals surface area contributed by atoms with Crippen LogP contribution in [-0.4, -0.2) is 14.8 Å². The summed E-state index contributed by atoms with van der Waals surface area (Å²) in [7, 11) is 0. The van der Waals surface area contributed by atoms with Gasteiger partial charge in [0.25, 0.3) is 0 Å². The normalized spacial score (nSPS) is 19.8. The summed E-state index contributed by atoms with van der Waals surface area (Å²) in [5.41, 5.74) is 0. The predicted octanol–water partition coefficient (Wildman–Crippen LogP) is 2.74. The van der Waals surface area contributed by atoms with Crippen LogP contribution in [0, 0.1) is 6.92 Å². The molecule has 0 aliphatic carbocycles. The smallest absolute Gasteiger partial charge is 0.217 e. The zero-order valence-electron chi connectivity index (χ0n) is 9.60. The molecule has 0 spiro atoms. The van der Waals surface area contributed by atoms with Crippen molar-refractivity contribution in [1.29, 1.82) is 0 Å². The van der Waals surface area contributed by atoms with Crippen molar-refractivity contribution in [2.45, 2.75) is 39.2 Å². The van der Waals surface area contributed by atoms with E-state index in [-0.39, 0.29) is 0 Å². The van der Waals surface area contributed by atoms with Crippen LogP contribution in [0.1, 0.15) is 37.3 Å². The number of rotatable bonds is 1. The molecule has 1 unspecified atom stereocenters. The van der Waals surface area contributed by atoms with Gasteiger partial charge in [0, 0.05) is 12.5 Å². The number of aromatic nitrogens is 3. The van der Waals surface area contributed by atoms with Crippen LogP contribution in [0.25, 0.3) is 11.6 Å². The van der Waals surface area contributed by atoms with E-state index >= 15 is 0 Å². The second kappa shape index (κ2) is 3.47. The van der Waals surface area contributed by atoms with E-state index in [1.54, 1.807) is 0 Å². The number of nitrogens with zero attached hydrogens (tertiary/aromatic N) is 3. The molecule has 16 heavy (non-hydrogen) atoms. The Morgan fingerprint density at radius 2 is 2.31 bits per heavy atom. The average Bonchev–Trinajstić information content (AvgIpc) is 2.84. The second-order valence-electron chi connectivity index (χ2n) is 4.47. The van der Waals surface area contributed by atoms with Gasteiger partial charge in [0.15, 0.2) is 5.76 Å². The summed E-state index contributed by atoms with van der Waals surface area (Å²) < 4.78 is 7.56. The van der Waals surface area contributed by atoms with E-state index in [9.17, 15) is 0 Å². The van der Waals surface area contributed by atoms with Crippen molar-refractivity contribution in [3.8, 4) is 11.6 Å². The van der Waals surface area contributed by atoms with Gasteiger partial charge in [0.2, 0.25) is 5.82 Å². The maximum Gasteiger partial charge on any atom is 0.217 e. The van der Waals surface area contributed by atoms with E-state index < -0.39 is 0 Å². The molecule has 1 aliphatic heterocycles. The summed E-state index contributed by atoms with van der Waals surface area (Å²) >= 11 is 0. The highest BCUT2D eigenvalue weighted by Crippen LogP contribution is 2.27. The maximum absolute atomic E-state index is 5.54. The lowest BCUT2D eigenvalue weighted by molar-refractivity contribution is 0.432. The average molecular weight is 217 g/mol. The lowest BCUT2D eigenvalue weighted by atomic mass is 10.0. The first kappa shape index (κ1) is 9.63. The first-order chi connectivity index (χ1) is 7.74. The Kier molecular flexibility index (Phi) is 2.09. The Bertz CT molecular complexity index is 512. The molecule has 0 N–H and O–H groups in total. The van der Waals surface area contributed by atoms with E-state index in [1.165, 1.54) is 12.8 Å². The van der Waals surface area contributed by atoms with E-state index in [2.05, 4.69) is 17.0 Å². The molecule has 1 atom stereocenters. The minimum Gasteiger partial charge on any atom is -0.458 e. The molecule has 4 nitrogen and oxygen atoms in total. The van der Waals surface area contributed by atoms with Crippen LogP contribution in [0.4, 0.5) is 0 Å². The molecule has 0 radical (unpaired) electrons. The summed E-state index contributed by atoms with van der Waals surface area (Å²) in [5, 5.41) is 4.50. The minimum absolute atomic E-state index is 0.506. The van der Waals surface area contributed by atoms with Crippen molar-refractivity contribution in [2.75, 3.05) is 0 Å². The third kappa shape index (κ3) is 1.45. The molecule has 3 rings (SSSR count). The Morgan fingerprint density at radius 3 is 3.00 bits per heavy atom. The molecule has 84 valence electrons. The van der Waals surface area contributed by atoms with Gasteiger partial charge in [-0.25, -0.2) is 9.67 Å². The van der Waals surface area contributed by atoms with Crippen LogP contribution >= 0.6 is 0 Å². The molecular formula is C12H15N3O. The lowest BCUT2D eigenvalue weighted by Crippen LogP contribution is -2.14. The van der Waals surface area contributed by atoms with Crippen molar-refractivity contribution in [1.82, 2.24) is 14.8 Å². The number of hydrogen-bond acceptors (Lipinski definition) is 3. The molecular weight excluding hydrogens is 202 g/mol. The molecule has 2 aromatic heterocycles. The van der Waals surface area contributed by atoms with Crippen LogP contribution < -0.4 is 0 Å². The first-order valence-corrected chi connectivity index (χ1v) is 5.75. The van der Waals surface area contributed by atoms with Crippen molar-refractivity contribution >= 4 is 0 Å². The fourth-order valence-corrected chi connectivity index (χ4v) is 2.22. The Balaban J connectivity index is 2.04. The van der Waals surface area contributed by atoms with Crippen LogP contribution in [-0.2, 0) is 6.54 Å². The van der Waals surface area contributed by atoms with Gasteiger partial charge in [-0.2, -0.15) is 0 Å². The monoisotopic (exact) mass is 217 g/mol. The zero-order chi connectivity index (χ0) is 11.1. The fourth-order valence-electron chi connectivity index (χ4n) is 2.22. The highest BCUT2D eigenvalue weighted by Gasteiger charge is 2.21. The van der Waals surface area contributed by atoms with Gasteiger partial charge in [-0.15, -0.1) is 5.10 Å². The van der Waals surface area contributed by atoms with Crippen molar-refractivity contribution < 1.29 is 4.42 Å². The van der Waals surface area contributed by atoms with Crippen LogP contribution in [0.2, 0.25) is 0 Å². The number of hydrogen-bond donors (Lipinski definition) is 0. The van der Waals surface area contributed by atoms with Gasteiger partial charge in [0.1, 0.15) is 11.6 Å². The third-order valence-electron chi connectivity index (χ3n) is 3.11. The highest BCUT2D eigenvalue weighted by molar-refractivity contribution is 5.46. The van der Waals surface area contributed by atoms with E-state index in [0.29, 0.717) is 5.92 Å². The third-order valence-corrected chi connectivity index (χ3v) is 3.11. The molecule has 0 aromatic carbocycles. The predicted molar refractivity (Wildman–Crippen MR) is 60.1 cm³/mol. The van der Waals surface area contributed by atoms with Crippen molar-refractivity contribution in [3.05, 3.63) is 23.7 Å². The molecule has 3 heterocycles. The highest BCUT2D eigenvalue weighted by atomic mass is 16.3. The quantitative estimate of drug-likeness (QED) is 0.737. The fraction of sp³-hybridized carbons (Fsp3) is 0.500. The molecule has 4 heteroatoms. The number of fused-ring (bicyclic) bond motifs is 1. The molecule has 0 saturated carbocycles. The first-order valence-electron chi connectivity index (χ1n) is 5.75. The van der Waals surface area contributed by atoms with Gasteiger partial charge in [-0.3, -0.25) is 0 Å². The van der Waals surface area contributed by atoms with E-state index in [1.807, 2.05) is 23.7 Å².